The second kappa shape index (κ2) is 7.37. The zero-order chi connectivity index (χ0) is 20.7. The summed E-state index contributed by atoms with van der Waals surface area (Å²) in [5.41, 5.74) is 0.659. The van der Waals surface area contributed by atoms with Crippen molar-refractivity contribution < 1.29 is 4.42 Å². The van der Waals surface area contributed by atoms with E-state index in [9.17, 15) is 9.59 Å². The van der Waals surface area contributed by atoms with Gasteiger partial charge >= 0.3 is 5.56 Å². The minimum atomic E-state index is -0.479. The highest BCUT2D eigenvalue weighted by molar-refractivity contribution is 7.15. The van der Waals surface area contributed by atoms with Crippen molar-refractivity contribution in [3.63, 3.8) is 0 Å². The summed E-state index contributed by atoms with van der Waals surface area (Å²) in [6.07, 6.45) is 1.61. The lowest BCUT2D eigenvalue weighted by atomic mass is 10.2. The van der Waals surface area contributed by atoms with Gasteiger partial charge in [0.1, 0.15) is 16.1 Å². The molecule has 0 fully saturated rings. The van der Waals surface area contributed by atoms with Gasteiger partial charge in [-0.15, -0.1) is 0 Å². The van der Waals surface area contributed by atoms with E-state index in [1.165, 1.54) is 0 Å². The highest BCUT2D eigenvalue weighted by Gasteiger charge is 2.13. The third kappa shape index (κ3) is 3.24. The van der Waals surface area contributed by atoms with Crippen LogP contribution >= 0.6 is 22.9 Å². The Bertz CT molecular complexity index is 1550. The van der Waals surface area contributed by atoms with Gasteiger partial charge in [0, 0.05) is 17.2 Å². The van der Waals surface area contributed by atoms with Crippen LogP contribution in [0.5, 0.6) is 0 Å². The molecule has 30 heavy (non-hydrogen) atoms. The molecular weight excluding hydrogens is 422 g/mol. The Labute approximate surface area is 178 Å². The molecule has 0 spiro atoms. The van der Waals surface area contributed by atoms with Gasteiger partial charge in [0.15, 0.2) is 5.69 Å². The van der Waals surface area contributed by atoms with Gasteiger partial charge in [0.2, 0.25) is 4.96 Å². The van der Waals surface area contributed by atoms with Gasteiger partial charge in [-0.05, 0) is 24.3 Å². The van der Waals surface area contributed by atoms with E-state index in [2.05, 4.69) is 10.1 Å². The number of hydrogen-bond acceptors (Lipinski definition) is 6. The number of rotatable bonds is 3. The van der Waals surface area contributed by atoms with E-state index in [0.717, 1.165) is 21.4 Å². The molecule has 0 N–H and O–H groups in total. The Hall–Kier alpha value is -3.55. The summed E-state index contributed by atoms with van der Waals surface area (Å²) in [5.74, 6) is 1.08. The van der Waals surface area contributed by atoms with E-state index in [1.807, 2.05) is 24.3 Å². The molecule has 5 aromatic rings. The summed E-state index contributed by atoms with van der Waals surface area (Å²) >= 11 is 7.30. The second-order valence-electron chi connectivity index (χ2n) is 6.42. The molecule has 0 saturated heterocycles. The SMILES string of the molecule is O=c1nc2s/c(=C/c3ccc(-c4ccccc4Cl)o3)c(=O)n2nc1-c1ccccc1. The average molecular weight is 434 g/mol. The molecule has 5 rings (SSSR count). The van der Waals surface area contributed by atoms with E-state index >= 15 is 0 Å². The Balaban J connectivity index is 1.61. The van der Waals surface area contributed by atoms with Crippen molar-refractivity contribution in [1.29, 1.82) is 0 Å². The summed E-state index contributed by atoms with van der Waals surface area (Å²) in [6, 6.07) is 19.8. The molecule has 0 unspecified atom stereocenters. The molecule has 3 heterocycles. The summed E-state index contributed by atoms with van der Waals surface area (Å²) in [7, 11) is 0. The van der Waals surface area contributed by atoms with Crippen LogP contribution in [0.3, 0.4) is 0 Å². The Morgan fingerprint density at radius 3 is 2.53 bits per heavy atom. The molecule has 8 heteroatoms. The number of fused-ring (bicyclic) bond motifs is 1. The summed E-state index contributed by atoms with van der Waals surface area (Å²) in [4.78, 5) is 29.5. The average Bonchev–Trinajstić information content (AvgIpc) is 3.33. The highest BCUT2D eigenvalue weighted by atomic mass is 35.5. The van der Waals surface area contributed by atoms with Crippen molar-refractivity contribution >= 4 is 34.0 Å². The number of halogens is 1. The molecule has 0 saturated carbocycles. The quantitative estimate of drug-likeness (QED) is 0.434. The van der Waals surface area contributed by atoms with Crippen LogP contribution in [0.4, 0.5) is 0 Å². The van der Waals surface area contributed by atoms with Crippen LogP contribution in [-0.2, 0) is 0 Å². The summed E-state index contributed by atoms with van der Waals surface area (Å²) in [5, 5.41) is 4.82. The Kier molecular flexibility index (Phi) is 4.54. The van der Waals surface area contributed by atoms with Crippen LogP contribution < -0.4 is 15.7 Å². The maximum atomic E-state index is 12.8. The smallest absolute Gasteiger partial charge is 0.300 e. The predicted molar refractivity (Wildman–Crippen MR) is 117 cm³/mol. The lowest BCUT2D eigenvalue weighted by Gasteiger charge is -1.98. The molecule has 6 nitrogen and oxygen atoms in total. The van der Waals surface area contributed by atoms with Gasteiger partial charge in [-0.2, -0.15) is 14.6 Å². The number of nitrogens with zero attached hydrogens (tertiary/aromatic N) is 3. The third-order valence-corrected chi connectivity index (χ3v) is 5.76. The maximum absolute atomic E-state index is 12.8. The van der Waals surface area contributed by atoms with Crippen molar-refractivity contribution in [2.24, 2.45) is 0 Å². The summed E-state index contributed by atoms with van der Waals surface area (Å²) < 4.78 is 7.35. The van der Waals surface area contributed by atoms with E-state index < -0.39 is 5.56 Å². The predicted octanol–water partition coefficient (Wildman–Crippen LogP) is 3.64. The number of aromatic nitrogens is 3. The van der Waals surface area contributed by atoms with Gasteiger partial charge < -0.3 is 4.42 Å². The van der Waals surface area contributed by atoms with Crippen molar-refractivity contribution in [3.8, 4) is 22.6 Å². The Morgan fingerprint density at radius 1 is 0.967 bits per heavy atom. The van der Waals surface area contributed by atoms with E-state index in [-0.39, 0.29) is 16.2 Å². The molecular formula is C22H12ClN3O3S. The van der Waals surface area contributed by atoms with Crippen molar-refractivity contribution in [2.75, 3.05) is 0 Å². The number of furan rings is 1. The molecule has 0 bridgehead atoms. The van der Waals surface area contributed by atoms with Crippen molar-refractivity contribution in [2.45, 2.75) is 0 Å². The number of benzene rings is 2. The molecule has 0 aliphatic rings. The molecule has 0 aliphatic heterocycles. The monoisotopic (exact) mass is 433 g/mol. The topological polar surface area (TPSA) is 77.5 Å². The fraction of sp³-hybridized carbons (Fsp3) is 0. The maximum Gasteiger partial charge on any atom is 0.300 e. The minimum Gasteiger partial charge on any atom is -0.457 e. The van der Waals surface area contributed by atoms with Crippen LogP contribution in [0, 0.1) is 0 Å². The largest absolute Gasteiger partial charge is 0.457 e. The normalized spacial score (nSPS) is 12.0. The number of thiazole rings is 1. The Morgan fingerprint density at radius 2 is 1.73 bits per heavy atom. The first kappa shape index (κ1) is 18.5. The molecule has 0 atom stereocenters. The molecule has 0 amide bonds. The lowest BCUT2D eigenvalue weighted by molar-refractivity contribution is 0.571. The fourth-order valence-corrected chi connectivity index (χ4v) is 4.16. The van der Waals surface area contributed by atoms with Crippen LogP contribution in [0.1, 0.15) is 5.76 Å². The van der Waals surface area contributed by atoms with E-state index in [4.69, 9.17) is 16.0 Å². The summed E-state index contributed by atoms with van der Waals surface area (Å²) in [6.45, 7) is 0. The van der Waals surface area contributed by atoms with Gasteiger partial charge in [0.25, 0.3) is 5.56 Å². The van der Waals surface area contributed by atoms with E-state index in [1.54, 1.807) is 48.5 Å². The third-order valence-electron chi connectivity index (χ3n) is 4.47. The zero-order valence-electron chi connectivity index (χ0n) is 15.3. The first-order chi connectivity index (χ1) is 14.6. The van der Waals surface area contributed by atoms with Gasteiger partial charge in [-0.3, -0.25) is 9.59 Å². The lowest BCUT2D eigenvalue weighted by Crippen LogP contribution is -2.26. The molecule has 2 aromatic carbocycles. The van der Waals surface area contributed by atoms with Crippen LogP contribution in [0.2, 0.25) is 5.02 Å². The molecule has 3 aromatic heterocycles. The van der Waals surface area contributed by atoms with Crippen molar-refractivity contribution in [1.82, 2.24) is 14.6 Å². The van der Waals surface area contributed by atoms with Gasteiger partial charge in [-0.1, -0.05) is 65.4 Å². The van der Waals surface area contributed by atoms with Crippen LogP contribution in [-0.4, -0.2) is 14.6 Å². The fourth-order valence-electron chi connectivity index (χ4n) is 3.05. The molecule has 0 aliphatic carbocycles. The minimum absolute atomic E-state index is 0.133. The van der Waals surface area contributed by atoms with Crippen LogP contribution in [0.25, 0.3) is 33.6 Å². The van der Waals surface area contributed by atoms with E-state index in [0.29, 0.717) is 26.6 Å². The van der Waals surface area contributed by atoms with Crippen molar-refractivity contribution in [3.05, 3.63) is 103 Å². The van der Waals surface area contributed by atoms with Gasteiger partial charge in [0.05, 0.1) is 5.02 Å². The second-order valence-corrected chi connectivity index (χ2v) is 7.84. The molecule has 146 valence electrons. The first-order valence-electron chi connectivity index (χ1n) is 8.96. The first-order valence-corrected chi connectivity index (χ1v) is 10.2. The van der Waals surface area contributed by atoms with Crippen LogP contribution in [0.15, 0.2) is 80.7 Å². The number of hydrogen-bond donors (Lipinski definition) is 0. The standard InChI is InChI=1S/C22H12ClN3O3S/c23-16-9-5-4-8-15(16)17-11-10-14(29-17)12-18-21(28)26-22(30-18)24-20(27)19(25-26)13-6-2-1-3-7-13/h1-12H/b18-12+. The highest BCUT2D eigenvalue weighted by Crippen LogP contribution is 2.29. The molecule has 0 radical (unpaired) electrons. The zero-order valence-corrected chi connectivity index (χ0v) is 16.9. The van der Waals surface area contributed by atoms with Gasteiger partial charge in [-0.25, -0.2) is 0 Å².